The molecule has 1 aromatic heterocycles. The molecule has 0 bridgehead atoms. The van der Waals surface area contributed by atoms with Crippen LogP contribution in [-0.2, 0) is 5.92 Å². The summed E-state index contributed by atoms with van der Waals surface area (Å²) in [6.45, 7) is -0.242. The van der Waals surface area contributed by atoms with E-state index in [0.717, 1.165) is 0 Å². The zero-order valence-corrected chi connectivity index (χ0v) is 8.92. The number of nitrogens with zero attached hydrogens (tertiary/aromatic N) is 1. The Hall–Kier alpha value is -0.520. The van der Waals surface area contributed by atoms with E-state index in [9.17, 15) is 13.2 Å². The van der Waals surface area contributed by atoms with Gasteiger partial charge in [0.15, 0.2) is 11.0 Å². The second kappa shape index (κ2) is 4.55. The zero-order valence-electron chi connectivity index (χ0n) is 7.41. The molecule has 0 aliphatic carbocycles. The Labute approximate surface area is 94.2 Å². The first-order chi connectivity index (χ1) is 6.88. The summed E-state index contributed by atoms with van der Waals surface area (Å²) in [4.78, 5) is 3.26. The Balaban J connectivity index is 3.19. The van der Waals surface area contributed by atoms with Crippen molar-refractivity contribution < 1.29 is 13.2 Å². The van der Waals surface area contributed by atoms with Crippen molar-refractivity contribution in [1.82, 2.24) is 4.98 Å². The van der Waals surface area contributed by atoms with Gasteiger partial charge in [-0.3, -0.25) is 0 Å². The Kier molecular flexibility index (Phi) is 3.81. The quantitative estimate of drug-likeness (QED) is 0.847. The molecule has 0 aromatic carbocycles. The number of hydrogen-bond donors (Lipinski definition) is 1. The third kappa shape index (κ3) is 2.74. The van der Waals surface area contributed by atoms with Crippen molar-refractivity contribution in [3.63, 3.8) is 0 Å². The summed E-state index contributed by atoms with van der Waals surface area (Å²) in [6.07, 6.45) is -0.629. The van der Waals surface area contributed by atoms with Gasteiger partial charge in [-0.25, -0.2) is 18.2 Å². The molecule has 1 heterocycles. The van der Waals surface area contributed by atoms with Crippen LogP contribution in [0.4, 0.5) is 13.2 Å². The second-order valence-corrected chi connectivity index (χ2v) is 3.56. The number of hydrogen-bond acceptors (Lipinski definition) is 2. The highest BCUT2D eigenvalue weighted by Gasteiger charge is 2.34. The lowest BCUT2D eigenvalue weighted by atomic mass is 10.1. The fourth-order valence-corrected chi connectivity index (χ4v) is 1.48. The lowest BCUT2D eigenvalue weighted by molar-refractivity contribution is -0.0112. The van der Waals surface area contributed by atoms with Gasteiger partial charge in [-0.1, -0.05) is 23.2 Å². The maximum Gasteiger partial charge on any atom is 0.277 e. The van der Waals surface area contributed by atoms with Gasteiger partial charge in [-0.15, -0.1) is 0 Å². The molecule has 0 saturated carbocycles. The van der Waals surface area contributed by atoms with E-state index in [1.807, 2.05) is 0 Å². The Morgan fingerprint density at radius 1 is 1.33 bits per heavy atom. The van der Waals surface area contributed by atoms with Gasteiger partial charge in [0.25, 0.3) is 5.92 Å². The second-order valence-electron chi connectivity index (χ2n) is 2.84. The minimum Gasteiger partial charge on any atom is -0.330 e. The number of nitrogens with two attached hydrogens (primary N) is 1. The van der Waals surface area contributed by atoms with Crippen LogP contribution in [0.5, 0.6) is 0 Å². The number of alkyl halides is 2. The van der Waals surface area contributed by atoms with Crippen LogP contribution in [0.2, 0.25) is 10.3 Å². The predicted molar refractivity (Wildman–Crippen MR) is 51.8 cm³/mol. The number of halogens is 5. The predicted octanol–water partition coefficient (Wildman–Crippen LogP) is 2.97. The first-order valence-corrected chi connectivity index (χ1v) is 4.74. The van der Waals surface area contributed by atoms with Crippen LogP contribution < -0.4 is 5.73 Å². The van der Waals surface area contributed by atoms with Gasteiger partial charge in [-0.05, 0) is 12.6 Å². The Bertz CT molecular complexity index is 371. The number of rotatable bonds is 3. The SMILES string of the molecule is NCCC(F)(F)c1cc(F)c(Cl)nc1Cl. The van der Waals surface area contributed by atoms with E-state index in [2.05, 4.69) is 4.98 Å². The van der Waals surface area contributed by atoms with Gasteiger partial charge in [0.2, 0.25) is 0 Å². The molecule has 1 rings (SSSR count). The molecule has 7 heteroatoms. The molecule has 0 amide bonds. The highest BCUT2D eigenvalue weighted by atomic mass is 35.5. The van der Waals surface area contributed by atoms with Gasteiger partial charge in [0.1, 0.15) is 5.15 Å². The average Bonchev–Trinajstić information content (AvgIpc) is 2.11. The minimum absolute atomic E-state index is 0.242. The fraction of sp³-hybridized carbons (Fsp3) is 0.375. The van der Waals surface area contributed by atoms with Crippen molar-refractivity contribution in [2.45, 2.75) is 12.3 Å². The number of aromatic nitrogens is 1. The molecule has 1 aromatic rings. The van der Waals surface area contributed by atoms with E-state index < -0.39 is 34.0 Å². The van der Waals surface area contributed by atoms with Crippen LogP contribution in [0.25, 0.3) is 0 Å². The molecule has 0 unspecified atom stereocenters. The van der Waals surface area contributed by atoms with Crippen molar-refractivity contribution in [3.05, 3.63) is 27.8 Å². The normalized spacial score (nSPS) is 11.9. The molecule has 0 aliphatic heterocycles. The summed E-state index contributed by atoms with van der Waals surface area (Å²) in [6, 6.07) is 0.577. The summed E-state index contributed by atoms with van der Waals surface area (Å²) in [7, 11) is 0. The molecule has 2 N–H and O–H groups in total. The third-order valence-electron chi connectivity index (χ3n) is 1.74. The van der Waals surface area contributed by atoms with Crippen LogP contribution >= 0.6 is 23.2 Å². The van der Waals surface area contributed by atoms with Crippen molar-refractivity contribution in [2.75, 3.05) is 6.54 Å². The molecule has 0 fully saturated rings. The van der Waals surface area contributed by atoms with Crippen LogP contribution in [0.15, 0.2) is 6.07 Å². The Morgan fingerprint density at radius 3 is 2.47 bits per heavy atom. The molecule has 0 aliphatic rings. The molecule has 15 heavy (non-hydrogen) atoms. The monoisotopic (exact) mass is 258 g/mol. The standard InChI is InChI=1S/C8H7Cl2F3N2/c9-6-4(8(12,13)1-2-14)3-5(11)7(10)15-6/h3H,1-2,14H2. The van der Waals surface area contributed by atoms with Crippen LogP contribution in [0, 0.1) is 5.82 Å². The van der Waals surface area contributed by atoms with Gasteiger partial charge in [-0.2, -0.15) is 0 Å². The van der Waals surface area contributed by atoms with Crippen LogP contribution in [-0.4, -0.2) is 11.5 Å². The third-order valence-corrected chi connectivity index (χ3v) is 2.29. The van der Waals surface area contributed by atoms with Crippen LogP contribution in [0.1, 0.15) is 12.0 Å². The van der Waals surface area contributed by atoms with Gasteiger partial charge in [0, 0.05) is 6.42 Å². The fourth-order valence-electron chi connectivity index (χ4n) is 1.02. The first-order valence-electron chi connectivity index (χ1n) is 3.98. The van der Waals surface area contributed by atoms with Gasteiger partial charge in [0.05, 0.1) is 5.56 Å². The van der Waals surface area contributed by atoms with Gasteiger partial charge >= 0.3 is 0 Å². The molecule has 84 valence electrons. The summed E-state index contributed by atoms with van der Waals surface area (Å²) in [5.74, 6) is -4.34. The van der Waals surface area contributed by atoms with E-state index in [-0.39, 0.29) is 6.54 Å². The molecule has 0 spiro atoms. The smallest absolute Gasteiger partial charge is 0.277 e. The Morgan fingerprint density at radius 2 is 1.93 bits per heavy atom. The van der Waals surface area contributed by atoms with E-state index >= 15 is 0 Å². The van der Waals surface area contributed by atoms with E-state index in [1.165, 1.54) is 0 Å². The molecular formula is C8H7Cl2F3N2. The topological polar surface area (TPSA) is 38.9 Å². The van der Waals surface area contributed by atoms with Gasteiger partial charge < -0.3 is 5.73 Å². The molecule has 0 saturated heterocycles. The summed E-state index contributed by atoms with van der Waals surface area (Å²) in [5, 5.41) is -1.05. The largest absolute Gasteiger partial charge is 0.330 e. The molecule has 0 atom stereocenters. The highest BCUT2D eigenvalue weighted by Crippen LogP contribution is 2.36. The molecular weight excluding hydrogens is 252 g/mol. The van der Waals surface area contributed by atoms with Crippen molar-refractivity contribution in [3.8, 4) is 0 Å². The maximum atomic E-state index is 13.3. The highest BCUT2D eigenvalue weighted by molar-refractivity contribution is 6.33. The number of pyridine rings is 1. The lowest BCUT2D eigenvalue weighted by Crippen LogP contribution is -2.19. The van der Waals surface area contributed by atoms with Crippen molar-refractivity contribution in [2.24, 2.45) is 5.73 Å². The summed E-state index contributed by atoms with van der Waals surface area (Å²) in [5.41, 5.74) is 4.31. The van der Waals surface area contributed by atoms with E-state index in [0.29, 0.717) is 6.07 Å². The van der Waals surface area contributed by atoms with Crippen LogP contribution in [0.3, 0.4) is 0 Å². The summed E-state index contributed by atoms with van der Waals surface area (Å²) >= 11 is 10.7. The molecule has 2 nitrogen and oxygen atoms in total. The lowest BCUT2D eigenvalue weighted by Gasteiger charge is -2.16. The zero-order chi connectivity index (χ0) is 11.6. The summed E-state index contributed by atoms with van der Waals surface area (Å²) < 4.78 is 39.5. The first kappa shape index (κ1) is 12.5. The minimum atomic E-state index is -3.30. The average molecular weight is 259 g/mol. The maximum absolute atomic E-state index is 13.3. The molecule has 0 radical (unpaired) electrons. The van der Waals surface area contributed by atoms with E-state index in [1.54, 1.807) is 0 Å². The van der Waals surface area contributed by atoms with Crippen molar-refractivity contribution in [1.29, 1.82) is 0 Å². The van der Waals surface area contributed by atoms with Crippen molar-refractivity contribution >= 4 is 23.2 Å². The van der Waals surface area contributed by atoms with E-state index in [4.69, 9.17) is 28.9 Å².